The van der Waals surface area contributed by atoms with Crippen LogP contribution >= 0.6 is 0 Å². The predicted molar refractivity (Wildman–Crippen MR) is 94.8 cm³/mol. The zero-order chi connectivity index (χ0) is 17.8. The summed E-state index contributed by atoms with van der Waals surface area (Å²) in [6, 6.07) is 14.6. The second-order valence-electron chi connectivity index (χ2n) is 5.47. The normalized spacial score (nSPS) is 10.3. The van der Waals surface area contributed by atoms with Gasteiger partial charge in [0.15, 0.2) is 5.69 Å². The second-order valence-corrected chi connectivity index (χ2v) is 5.47. The smallest absolute Gasteiger partial charge is 0.277 e. The lowest BCUT2D eigenvalue weighted by atomic mass is 10.1. The van der Waals surface area contributed by atoms with Crippen molar-refractivity contribution in [2.24, 2.45) is 0 Å². The number of aromatic nitrogens is 3. The van der Waals surface area contributed by atoms with Crippen molar-refractivity contribution in [3.8, 4) is 5.69 Å². The van der Waals surface area contributed by atoms with Crippen LogP contribution in [0.15, 0.2) is 54.7 Å². The third kappa shape index (κ3) is 3.72. The number of carbonyl (C=O) groups is 2. The van der Waals surface area contributed by atoms with E-state index in [0.29, 0.717) is 11.4 Å². The van der Waals surface area contributed by atoms with E-state index in [2.05, 4.69) is 20.8 Å². The van der Waals surface area contributed by atoms with Crippen LogP contribution < -0.4 is 10.6 Å². The Morgan fingerprint density at radius 1 is 0.960 bits per heavy atom. The molecule has 7 nitrogen and oxygen atoms in total. The van der Waals surface area contributed by atoms with Crippen LogP contribution in [-0.4, -0.2) is 26.8 Å². The average Bonchev–Trinajstić information content (AvgIpc) is 3.09. The molecule has 2 aromatic carbocycles. The molecular weight excluding hydrogens is 318 g/mol. The van der Waals surface area contributed by atoms with Gasteiger partial charge in [0.25, 0.3) is 5.91 Å². The van der Waals surface area contributed by atoms with Gasteiger partial charge in [-0.1, -0.05) is 24.3 Å². The molecule has 2 N–H and O–H groups in total. The fourth-order valence-electron chi connectivity index (χ4n) is 2.34. The lowest BCUT2D eigenvalue weighted by Gasteiger charge is -2.11. The standard InChI is InChI=1S/C18H17N5O2/c1-12-15(20-13(2)24)9-6-10-16(12)21-18(25)17-11-19-23(22-17)14-7-4-3-5-8-14/h3-11H,1-2H3,(H,20,24)(H,21,25). The number of benzene rings is 2. The molecule has 0 bridgehead atoms. The van der Waals surface area contributed by atoms with Gasteiger partial charge < -0.3 is 10.6 Å². The molecule has 2 amide bonds. The molecule has 126 valence electrons. The van der Waals surface area contributed by atoms with Gasteiger partial charge in [0.1, 0.15) is 0 Å². The van der Waals surface area contributed by atoms with Gasteiger partial charge in [-0.25, -0.2) is 0 Å². The van der Waals surface area contributed by atoms with Gasteiger partial charge in [-0.2, -0.15) is 9.90 Å². The Labute approximate surface area is 144 Å². The minimum atomic E-state index is -0.370. The maximum Gasteiger partial charge on any atom is 0.277 e. The molecule has 3 rings (SSSR count). The molecule has 0 fully saturated rings. The zero-order valence-corrected chi connectivity index (χ0v) is 13.9. The number of nitrogens with one attached hydrogen (secondary N) is 2. The molecule has 3 aromatic rings. The lowest BCUT2D eigenvalue weighted by Crippen LogP contribution is -2.15. The number of hydrogen-bond acceptors (Lipinski definition) is 4. The van der Waals surface area contributed by atoms with Gasteiger partial charge in [0.05, 0.1) is 11.9 Å². The number of nitrogens with zero attached hydrogens (tertiary/aromatic N) is 3. The van der Waals surface area contributed by atoms with Crippen LogP contribution in [0.4, 0.5) is 11.4 Å². The summed E-state index contributed by atoms with van der Waals surface area (Å²) in [5.74, 6) is -0.539. The molecule has 0 aliphatic heterocycles. The Balaban J connectivity index is 1.79. The van der Waals surface area contributed by atoms with Gasteiger partial charge in [0.2, 0.25) is 5.91 Å². The highest BCUT2D eigenvalue weighted by atomic mass is 16.2. The number of anilines is 2. The van der Waals surface area contributed by atoms with Crippen LogP contribution in [-0.2, 0) is 4.79 Å². The third-order valence-corrected chi connectivity index (χ3v) is 3.60. The Morgan fingerprint density at radius 2 is 1.64 bits per heavy atom. The predicted octanol–water partition coefficient (Wildman–Crippen LogP) is 2.79. The molecule has 0 radical (unpaired) electrons. The summed E-state index contributed by atoms with van der Waals surface area (Å²) in [5.41, 5.74) is 2.99. The third-order valence-electron chi connectivity index (χ3n) is 3.60. The van der Waals surface area contributed by atoms with Crippen molar-refractivity contribution in [1.82, 2.24) is 15.0 Å². The Morgan fingerprint density at radius 3 is 2.32 bits per heavy atom. The van der Waals surface area contributed by atoms with Crippen LogP contribution in [0.1, 0.15) is 23.0 Å². The number of hydrogen-bond donors (Lipinski definition) is 2. The van der Waals surface area contributed by atoms with Crippen LogP contribution in [0.2, 0.25) is 0 Å². The van der Waals surface area contributed by atoms with Crippen LogP contribution in [0, 0.1) is 6.92 Å². The quantitative estimate of drug-likeness (QED) is 0.767. The van der Waals surface area contributed by atoms with Crippen molar-refractivity contribution in [2.45, 2.75) is 13.8 Å². The van der Waals surface area contributed by atoms with E-state index in [4.69, 9.17) is 0 Å². The highest BCUT2D eigenvalue weighted by Gasteiger charge is 2.14. The molecule has 0 aliphatic rings. The zero-order valence-electron chi connectivity index (χ0n) is 13.9. The SMILES string of the molecule is CC(=O)Nc1cccc(NC(=O)c2cnn(-c3ccccc3)n2)c1C. The van der Waals surface area contributed by atoms with Crippen molar-refractivity contribution in [3.05, 3.63) is 66.0 Å². The number of carbonyl (C=O) groups excluding carboxylic acids is 2. The van der Waals surface area contributed by atoms with E-state index in [0.717, 1.165) is 11.3 Å². The fourth-order valence-corrected chi connectivity index (χ4v) is 2.34. The van der Waals surface area contributed by atoms with Gasteiger partial charge in [-0.05, 0) is 36.8 Å². The van der Waals surface area contributed by atoms with Crippen molar-refractivity contribution in [3.63, 3.8) is 0 Å². The molecule has 0 saturated heterocycles. The number of rotatable bonds is 4. The summed E-state index contributed by atoms with van der Waals surface area (Å²) in [7, 11) is 0. The maximum absolute atomic E-state index is 12.4. The molecule has 25 heavy (non-hydrogen) atoms. The van der Waals surface area contributed by atoms with E-state index in [1.54, 1.807) is 18.2 Å². The Kier molecular flexibility index (Phi) is 4.56. The summed E-state index contributed by atoms with van der Waals surface area (Å²) in [5, 5.41) is 13.8. The first-order chi connectivity index (χ1) is 12.0. The van der Waals surface area contributed by atoms with Crippen LogP contribution in [0.25, 0.3) is 5.69 Å². The summed E-state index contributed by atoms with van der Waals surface area (Å²) >= 11 is 0. The first kappa shape index (κ1) is 16.4. The van der Waals surface area contributed by atoms with E-state index in [-0.39, 0.29) is 17.5 Å². The summed E-state index contributed by atoms with van der Waals surface area (Å²) in [6.07, 6.45) is 1.41. The summed E-state index contributed by atoms with van der Waals surface area (Å²) in [6.45, 7) is 3.26. The highest BCUT2D eigenvalue weighted by Crippen LogP contribution is 2.23. The van der Waals surface area contributed by atoms with E-state index < -0.39 is 0 Å². The van der Waals surface area contributed by atoms with E-state index in [1.165, 1.54) is 17.9 Å². The minimum Gasteiger partial charge on any atom is -0.326 e. The topological polar surface area (TPSA) is 88.9 Å². The summed E-state index contributed by atoms with van der Waals surface area (Å²) in [4.78, 5) is 25.1. The molecule has 0 atom stereocenters. The fraction of sp³-hybridized carbons (Fsp3) is 0.111. The van der Waals surface area contributed by atoms with Crippen molar-refractivity contribution >= 4 is 23.2 Å². The Bertz CT molecular complexity index is 918. The molecule has 1 heterocycles. The van der Waals surface area contributed by atoms with Gasteiger partial charge in [-0.3, -0.25) is 9.59 Å². The summed E-state index contributed by atoms with van der Waals surface area (Å²) < 4.78 is 0. The van der Waals surface area contributed by atoms with Crippen LogP contribution in [0.5, 0.6) is 0 Å². The van der Waals surface area contributed by atoms with E-state index in [1.807, 2.05) is 37.3 Å². The van der Waals surface area contributed by atoms with Gasteiger partial charge in [-0.15, -0.1) is 5.10 Å². The maximum atomic E-state index is 12.4. The molecule has 0 spiro atoms. The second kappa shape index (κ2) is 6.96. The van der Waals surface area contributed by atoms with Gasteiger partial charge >= 0.3 is 0 Å². The lowest BCUT2D eigenvalue weighted by molar-refractivity contribution is -0.114. The minimum absolute atomic E-state index is 0.169. The monoisotopic (exact) mass is 335 g/mol. The Hall–Kier alpha value is -3.48. The van der Waals surface area contributed by atoms with Crippen molar-refractivity contribution in [2.75, 3.05) is 10.6 Å². The van der Waals surface area contributed by atoms with E-state index >= 15 is 0 Å². The molecule has 0 aliphatic carbocycles. The molecule has 0 saturated carbocycles. The van der Waals surface area contributed by atoms with Crippen LogP contribution in [0.3, 0.4) is 0 Å². The van der Waals surface area contributed by atoms with Gasteiger partial charge in [0, 0.05) is 18.3 Å². The first-order valence-electron chi connectivity index (χ1n) is 7.71. The molecule has 0 unspecified atom stereocenters. The average molecular weight is 335 g/mol. The molecular formula is C18H17N5O2. The highest BCUT2D eigenvalue weighted by molar-refractivity contribution is 6.03. The van der Waals surface area contributed by atoms with Crippen molar-refractivity contribution < 1.29 is 9.59 Å². The molecule has 7 heteroatoms. The number of amides is 2. The molecule has 1 aromatic heterocycles. The van der Waals surface area contributed by atoms with E-state index in [9.17, 15) is 9.59 Å². The largest absolute Gasteiger partial charge is 0.326 e. The first-order valence-corrected chi connectivity index (χ1v) is 7.71. The number of para-hydroxylation sites is 1. The van der Waals surface area contributed by atoms with Crippen molar-refractivity contribution in [1.29, 1.82) is 0 Å².